The topological polar surface area (TPSA) is 38.0 Å². The van der Waals surface area contributed by atoms with Gasteiger partial charge in [0.05, 0.1) is 6.04 Å². The molecule has 2 nitrogen and oxygen atoms in total. The first-order valence-corrected chi connectivity index (χ1v) is 6.46. The van der Waals surface area contributed by atoms with E-state index in [1.54, 1.807) is 0 Å². The summed E-state index contributed by atoms with van der Waals surface area (Å²) in [7, 11) is 0. The van der Waals surface area contributed by atoms with Crippen LogP contribution in [-0.2, 0) is 0 Å². The van der Waals surface area contributed by atoms with E-state index in [1.165, 1.54) is 18.2 Å². The summed E-state index contributed by atoms with van der Waals surface area (Å²) < 4.78 is 14.2. The van der Waals surface area contributed by atoms with Gasteiger partial charge in [0.25, 0.3) is 0 Å². The minimum Gasteiger partial charge on any atom is -0.271 e. The van der Waals surface area contributed by atoms with Crippen molar-refractivity contribution in [2.24, 2.45) is 5.84 Å². The Morgan fingerprint density at radius 1 is 1.17 bits per heavy atom. The van der Waals surface area contributed by atoms with Gasteiger partial charge in [0.15, 0.2) is 0 Å². The van der Waals surface area contributed by atoms with Crippen LogP contribution in [0.1, 0.15) is 17.2 Å². The van der Waals surface area contributed by atoms with Crippen LogP contribution in [0.2, 0.25) is 5.02 Å². The van der Waals surface area contributed by atoms with Gasteiger partial charge in [-0.05, 0) is 35.4 Å². The number of nitrogens with two attached hydrogens (primary N) is 1. The smallest absolute Gasteiger partial charge is 0.123 e. The second kappa shape index (κ2) is 5.80. The minimum atomic E-state index is -0.372. The van der Waals surface area contributed by atoms with E-state index in [0.29, 0.717) is 10.6 Å². The molecule has 0 aromatic heterocycles. The molecule has 18 heavy (non-hydrogen) atoms. The zero-order valence-corrected chi connectivity index (χ0v) is 11.7. The number of benzene rings is 2. The van der Waals surface area contributed by atoms with E-state index < -0.39 is 0 Å². The number of hydrazine groups is 1. The summed E-state index contributed by atoms with van der Waals surface area (Å²) in [5, 5.41) is 0.468. The van der Waals surface area contributed by atoms with Gasteiger partial charge >= 0.3 is 0 Å². The molecular formula is C13H11BrClFN2. The highest BCUT2D eigenvalue weighted by molar-refractivity contribution is 9.10. The fraction of sp³-hybridized carbons (Fsp3) is 0.0769. The standard InChI is InChI=1S/C13H11BrClFN2/c14-11-4-2-1-3-9(11)13(18-17)10-7-8(16)5-6-12(10)15/h1-7,13,18H,17H2. The number of nitrogens with one attached hydrogen (secondary N) is 1. The van der Waals surface area contributed by atoms with Crippen molar-refractivity contribution in [1.82, 2.24) is 5.43 Å². The van der Waals surface area contributed by atoms with E-state index in [1.807, 2.05) is 24.3 Å². The lowest BCUT2D eigenvalue weighted by atomic mass is 9.99. The number of hydrogen-bond donors (Lipinski definition) is 2. The third-order valence-electron chi connectivity index (χ3n) is 2.65. The van der Waals surface area contributed by atoms with E-state index >= 15 is 0 Å². The Hall–Kier alpha value is -0.940. The second-order valence-electron chi connectivity index (χ2n) is 3.79. The molecule has 2 rings (SSSR count). The maximum Gasteiger partial charge on any atom is 0.123 e. The third-order valence-corrected chi connectivity index (χ3v) is 3.72. The zero-order chi connectivity index (χ0) is 13.1. The van der Waals surface area contributed by atoms with Gasteiger partial charge in [0, 0.05) is 9.50 Å². The van der Waals surface area contributed by atoms with Gasteiger partial charge in [0.1, 0.15) is 5.82 Å². The van der Waals surface area contributed by atoms with Crippen LogP contribution in [0.4, 0.5) is 4.39 Å². The molecule has 0 saturated heterocycles. The van der Waals surface area contributed by atoms with Gasteiger partial charge < -0.3 is 0 Å². The second-order valence-corrected chi connectivity index (χ2v) is 5.05. The summed E-state index contributed by atoms with van der Waals surface area (Å²) in [4.78, 5) is 0. The molecule has 3 N–H and O–H groups in total. The van der Waals surface area contributed by atoms with Crippen LogP contribution < -0.4 is 11.3 Å². The molecule has 5 heteroatoms. The van der Waals surface area contributed by atoms with Gasteiger partial charge in [-0.25, -0.2) is 9.82 Å². The average Bonchev–Trinajstić information content (AvgIpc) is 2.36. The summed E-state index contributed by atoms with van der Waals surface area (Å²) in [5.41, 5.74) is 4.16. The van der Waals surface area contributed by atoms with Crippen LogP contribution in [0.25, 0.3) is 0 Å². The van der Waals surface area contributed by atoms with Crippen molar-refractivity contribution in [1.29, 1.82) is 0 Å². The van der Waals surface area contributed by atoms with Crippen LogP contribution in [0.5, 0.6) is 0 Å². The van der Waals surface area contributed by atoms with Crippen molar-refractivity contribution in [3.05, 3.63) is 68.9 Å². The van der Waals surface area contributed by atoms with Crippen LogP contribution in [0.15, 0.2) is 46.9 Å². The first kappa shape index (κ1) is 13.5. The van der Waals surface area contributed by atoms with E-state index in [9.17, 15) is 4.39 Å². The predicted octanol–water partition coefficient (Wildman–Crippen LogP) is 3.79. The van der Waals surface area contributed by atoms with Crippen LogP contribution in [0.3, 0.4) is 0 Å². The molecule has 0 aliphatic heterocycles. The number of rotatable bonds is 3. The van der Waals surface area contributed by atoms with Gasteiger partial charge in [-0.15, -0.1) is 0 Å². The van der Waals surface area contributed by atoms with Gasteiger partial charge in [-0.1, -0.05) is 45.7 Å². The van der Waals surface area contributed by atoms with Gasteiger partial charge in [0.2, 0.25) is 0 Å². The van der Waals surface area contributed by atoms with Crippen LogP contribution in [0, 0.1) is 5.82 Å². The van der Waals surface area contributed by atoms with E-state index in [4.69, 9.17) is 17.4 Å². The number of hydrogen-bond acceptors (Lipinski definition) is 2. The summed E-state index contributed by atoms with van der Waals surface area (Å²) >= 11 is 9.54. The minimum absolute atomic E-state index is 0.346. The molecule has 94 valence electrons. The maximum absolute atomic E-state index is 13.3. The molecule has 1 atom stereocenters. The van der Waals surface area contributed by atoms with E-state index in [2.05, 4.69) is 21.4 Å². The molecule has 0 radical (unpaired) electrons. The van der Waals surface area contributed by atoms with Crippen molar-refractivity contribution < 1.29 is 4.39 Å². The molecule has 0 fully saturated rings. The fourth-order valence-corrected chi connectivity index (χ4v) is 2.53. The van der Waals surface area contributed by atoms with E-state index in [0.717, 1.165) is 10.0 Å². The first-order chi connectivity index (χ1) is 8.63. The Morgan fingerprint density at radius 3 is 2.56 bits per heavy atom. The Bertz CT molecular complexity index is 562. The summed E-state index contributed by atoms with van der Waals surface area (Å²) in [6.45, 7) is 0. The average molecular weight is 330 g/mol. The van der Waals surface area contributed by atoms with Crippen molar-refractivity contribution in [2.45, 2.75) is 6.04 Å². The molecular weight excluding hydrogens is 319 g/mol. The Morgan fingerprint density at radius 2 is 1.89 bits per heavy atom. The van der Waals surface area contributed by atoms with Crippen LogP contribution >= 0.6 is 27.5 Å². The molecule has 0 saturated carbocycles. The Labute approximate surface area is 118 Å². The predicted molar refractivity (Wildman–Crippen MR) is 74.7 cm³/mol. The molecule has 0 aliphatic carbocycles. The highest BCUT2D eigenvalue weighted by atomic mass is 79.9. The molecule has 0 bridgehead atoms. The molecule has 1 unspecified atom stereocenters. The lowest BCUT2D eigenvalue weighted by molar-refractivity contribution is 0.604. The zero-order valence-electron chi connectivity index (χ0n) is 9.33. The maximum atomic E-state index is 13.3. The van der Waals surface area contributed by atoms with Crippen molar-refractivity contribution in [3.8, 4) is 0 Å². The monoisotopic (exact) mass is 328 g/mol. The molecule has 0 amide bonds. The largest absolute Gasteiger partial charge is 0.271 e. The Balaban J connectivity index is 2.52. The fourth-order valence-electron chi connectivity index (χ4n) is 1.79. The molecule has 0 aliphatic rings. The molecule has 2 aromatic rings. The SMILES string of the molecule is NNC(c1cc(F)ccc1Cl)c1ccccc1Br. The molecule has 0 heterocycles. The third kappa shape index (κ3) is 2.72. The Kier molecular flexibility index (Phi) is 4.35. The summed E-state index contributed by atoms with van der Waals surface area (Å²) in [6, 6.07) is 11.4. The lowest BCUT2D eigenvalue weighted by Crippen LogP contribution is -2.29. The highest BCUT2D eigenvalue weighted by Gasteiger charge is 2.18. The summed E-state index contributed by atoms with van der Waals surface area (Å²) in [5.74, 6) is 5.23. The van der Waals surface area contributed by atoms with Gasteiger partial charge in [-0.3, -0.25) is 5.84 Å². The van der Waals surface area contributed by atoms with Crippen molar-refractivity contribution in [2.75, 3.05) is 0 Å². The quantitative estimate of drug-likeness (QED) is 0.664. The summed E-state index contributed by atoms with van der Waals surface area (Å²) in [6.07, 6.45) is 0. The van der Waals surface area contributed by atoms with Crippen molar-refractivity contribution in [3.63, 3.8) is 0 Å². The van der Waals surface area contributed by atoms with Crippen molar-refractivity contribution >= 4 is 27.5 Å². The lowest BCUT2D eigenvalue weighted by Gasteiger charge is -2.19. The highest BCUT2D eigenvalue weighted by Crippen LogP contribution is 2.32. The molecule has 0 spiro atoms. The van der Waals surface area contributed by atoms with Gasteiger partial charge in [-0.2, -0.15) is 0 Å². The van der Waals surface area contributed by atoms with E-state index in [-0.39, 0.29) is 11.9 Å². The normalized spacial score (nSPS) is 12.4. The number of halogens is 3. The van der Waals surface area contributed by atoms with Crippen LogP contribution in [-0.4, -0.2) is 0 Å². The molecule has 2 aromatic carbocycles. The first-order valence-electron chi connectivity index (χ1n) is 5.29.